The fourth-order valence-corrected chi connectivity index (χ4v) is 1.53. The van der Waals surface area contributed by atoms with Gasteiger partial charge in [0.2, 0.25) is 0 Å². The summed E-state index contributed by atoms with van der Waals surface area (Å²) in [6.07, 6.45) is 6.84. The minimum absolute atomic E-state index is 0.651. The van der Waals surface area contributed by atoms with Gasteiger partial charge in [0, 0.05) is 0 Å². The van der Waals surface area contributed by atoms with E-state index >= 15 is 0 Å². The van der Waals surface area contributed by atoms with Crippen LogP contribution in [0.15, 0.2) is 36.4 Å². The predicted octanol–water partition coefficient (Wildman–Crippen LogP) is 4.14. The van der Waals surface area contributed by atoms with Crippen LogP contribution in [0.5, 0.6) is 0 Å². The summed E-state index contributed by atoms with van der Waals surface area (Å²) in [6, 6.07) is 8.83. The average Bonchev–Trinajstić information content (AvgIpc) is 2.18. The van der Waals surface area contributed by atoms with Crippen LogP contribution in [0.1, 0.15) is 31.4 Å². The first kappa shape index (κ1) is 11.0. The van der Waals surface area contributed by atoms with Crippen molar-refractivity contribution in [1.29, 1.82) is 0 Å². The van der Waals surface area contributed by atoms with Crippen LogP contribution < -0.4 is 0 Å². The summed E-state index contributed by atoms with van der Waals surface area (Å²) in [5.41, 5.74) is 2.77. The standard InChI is InChI=1S/C14H20/c1-4-5-6-13(3)11-14-9-7-12(2)8-10-14/h5-10,13H,4,11H2,1-3H3. The molecule has 0 aromatic heterocycles. The van der Waals surface area contributed by atoms with E-state index < -0.39 is 0 Å². The van der Waals surface area contributed by atoms with Gasteiger partial charge in [0.1, 0.15) is 0 Å². The number of hydrogen-bond donors (Lipinski definition) is 0. The number of allylic oxidation sites excluding steroid dienone is 2. The molecule has 0 aliphatic rings. The van der Waals surface area contributed by atoms with Gasteiger partial charge >= 0.3 is 0 Å². The Morgan fingerprint density at radius 3 is 2.43 bits per heavy atom. The summed E-state index contributed by atoms with van der Waals surface area (Å²) in [7, 11) is 0. The van der Waals surface area contributed by atoms with Gasteiger partial charge in [-0.25, -0.2) is 0 Å². The molecular weight excluding hydrogens is 168 g/mol. The van der Waals surface area contributed by atoms with Gasteiger partial charge in [-0.15, -0.1) is 0 Å². The molecule has 0 aliphatic heterocycles. The zero-order chi connectivity index (χ0) is 10.4. The Morgan fingerprint density at radius 1 is 1.21 bits per heavy atom. The topological polar surface area (TPSA) is 0 Å². The van der Waals surface area contributed by atoms with Crippen molar-refractivity contribution in [3.63, 3.8) is 0 Å². The molecule has 14 heavy (non-hydrogen) atoms. The molecule has 0 radical (unpaired) electrons. The summed E-state index contributed by atoms with van der Waals surface area (Å²) in [4.78, 5) is 0. The van der Waals surface area contributed by atoms with E-state index in [0.29, 0.717) is 5.92 Å². The number of rotatable bonds is 4. The van der Waals surface area contributed by atoms with Crippen LogP contribution in [-0.2, 0) is 6.42 Å². The minimum atomic E-state index is 0.651. The second-order valence-electron chi connectivity index (χ2n) is 4.00. The molecule has 76 valence electrons. The molecule has 0 heteroatoms. The molecule has 0 heterocycles. The van der Waals surface area contributed by atoms with Crippen LogP contribution in [0.4, 0.5) is 0 Å². The van der Waals surface area contributed by atoms with Crippen LogP contribution >= 0.6 is 0 Å². The van der Waals surface area contributed by atoms with Gasteiger partial charge in [-0.2, -0.15) is 0 Å². The first-order valence-electron chi connectivity index (χ1n) is 5.44. The summed E-state index contributed by atoms with van der Waals surface area (Å²) >= 11 is 0. The summed E-state index contributed by atoms with van der Waals surface area (Å²) < 4.78 is 0. The van der Waals surface area contributed by atoms with E-state index in [4.69, 9.17) is 0 Å². The largest absolute Gasteiger partial charge is 0.0885 e. The monoisotopic (exact) mass is 188 g/mol. The summed E-state index contributed by atoms with van der Waals surface area (Å²) in [5, 5.41) is 0. The Bertz CT molecular complexity index is 279. The van der Waals surface area contributed by atoms with Gasteiger partial charge < -0.3 is 0 Å². The average molecular weight is 188 g/mol. The zero-order valence-electron chi connectivity index (χ0n) is 9.46. The fourth-order valence-electron chi connectivity index (χ4n) is 1.53. The van der Waals surface area contributed by atoms with E-state index in [9.17, 15) is 0 Å². The van der Waals surface area contributed by atoms with Crippen molar-refractivity contribution < 1.29 is 0 Å². The molecule has 0 amide bonds. The van der Waals surface area contributed by atoms with Gasteiger partial charge in [-0.3, -0.25) is 0 Å². The van der Waals surface area contributed by atoms with Crippen LogP contribution in [0.3, 0.4) is 0 Å². The third-order valence-corrected chi connectivity index (χ3v) is 2.38. The number of hydrogen-bond acceptors (Lipinski definition) is 0. The van der Waals surface area contributed by atoms with Crippen molar-refractivity contribution in [2.45, 2.75) is 33.6 Å². The maximum Gasteiger partial charge on any atom is -0.0218 e. The lowest BCUT2D eigenvalue weighted by Crippen LogP contribution is -1.95. The van der Waals surface area contributed by atoms with Crippen LogP contribution in [0.25, 0.3) is 0 Å². The van der Waals surface area contributed by atoms with Crippen molar-refractivity contribution >= 4 is 0 Å². The Hall–Kier alpha value is -1.04. The lowest BCUT2D eigenvalue weighted by molar-refractivity contribution is 0.720. The quantitative estimate of drug-likeness (QED) is 0.623. The molecule has 0 aliphatic carbocycles. The Labute approximate surface area is 87.7 Å². The minimum Gasteiger partial charge on any atom is -0.0885 e. The van der Waals surface area contributed by atoms with Crippen LogP contribution in [-0.4, -0.2) is 0 Å². The van der Waals surface area contributed by atoms with E-state index in [1.807, 2.05) is 0 Å². The third-order valence-electron chi connectivity index (χ3n) is 2.38. The lowest BCUT2D eigenvalue weighted by atomic mass is 10.00. The van der Waals surface area contributed by atoms with Crippen LogP contribution in [0.2, 0.25) is 0 Å². The molecule has 0 N–H and O–H groups in total. The first-order valence-corrected chi connectivity index (χ1v) is 5.44. The highest BCUT2D eigenvalue weighted by Gasteiger charge is 1.98. The molecule has 0 spiro atoms. The van der Waals surface area contributed by atoms with Gasteiger partial charge in [-0.05, 0) is 31.2 Å². The van der Waals surface area contributed by atoms with E-state index in [-0.39, 0.29) is 0 Å². The first-order chi connectivity index (χ1) is 6.72. The third kappa shape index (κ3) is 3.78. The van der Waals surface area contributed by atoms with E-state index in [1.165, 1.54) is 11.1 Å². The van der Waals surface area contributed by atoms with Gasteiger partial charge in [0.15, 0.2) is 0 Å². The SMILES string of the molecule is CCC=CC(C)Cc1ccc(C)cc1. The Balaban J connectivity index is 2.51. The smallest absolute Gasteiger partial charge is 0.0218 e. The zero-order valence-corrected chi connectivity index (χ0v) is 9.46. The molecular formula is C14H20. The van der Waals surface area contributed by atoms with Crippen molar-refractivity contribution in [2.75, 3.05) is 0 Å². The van der Waals surface area contributed by atoms with E-state index in [0.717, 1.165) is 12.8 Å². The highest BCUT2D eigenvalue weighted by molar-refractivity contribution is 5.22. The molecule has 1 aromatic carbocycles. The van der Waals surface area contributed by atoms with E-state index in [1.54, 1.807) is 0 Å². The van der Waals surface area contributed by atoms with Crippen molar-refractivity contribution in [3.8, 4) is 0 Å². The predicted molar refractivity (Wildman–Crippen MR) is 63.5 cm³/mol. The maximum absolute atomic E-state index is 2.31. The summed E-state index contributed by atoms with van der Waals surface area (Å²) in [6.45, 7) is 6.57. The van der Waals surface area contributed by atoms with E-state index in [2.05, 4.69) is 57.2 Å². The second kappa shape index (κ2) is 5.64. The molecule has 0 nitrogen and oxygen atoms in total. The van der Waals surface area contributed by atoms with Crippen molar-refractivity contribution in [1.82, 2.24) is 0 Å². The highest BCUT2D eigenvalue weighted by atomic mass is 14.0. The summed E-state index contributed by atoms with van der Waals surface area (Å²) in [5.74, 6) is 0.651. The van der Waals surface area contributed by atoms with Crippen LogP contribution in [0, 0.1) is 12.8 Å². The van der Waals surface area contributed by atoms with Crippen molar-refractivity contribution in [3.05, 3.63) is 47.5 Å². The fraction of sp³-hybridized carbons (Fsp3) is 0.429. The van der Waals surface area contributed by atoms with Crippen molar-refractivity contribution in [2.24, 2.45) is 5.92 Å². The number of benzene rings is 1. The molecule has 1 unspecified atom stereocenters. The molecule has 1 atom stereocenters. The highest BCUT2D eigenvalue weighted by Crippen LogP contribution is 2.11. The van der Waals surface area contributed by atoms with Gasteiger partial charge in [-0.1, -0.05) is 55.8 Å². The molecule has 1 aromatic rings. The second-order valence-corrected chi connectivity index (χ2v) is 4.00. The van der Waals surface area contributed by atoms with Gasteiger partial charge in [0.05, 0.1) is 0 Å². The molecule has 0 saturated carbocycles. The Kier molecular flexibility index (Phi) is 4.45. The lowest BCUT2D eigenvalue weighted by Gasteiger charge is -2.06. The van der Waals surface area contributed by atoms with Gasteiger partial charge in [0.25, 0.3) is 0 Å². The molecule has 0 saturated heterocycles. The normalized spacial score (nSPS) is 13.4. The molecule has 0 fully saturated rings. The number of aryl methyl sites for hydroxylation is 1. The molecule has 0 bridgehead atoms. The Morgan fingerprint density at radius 2 is 1.86 bits per heavy atom. The maximum atomic E-state index is 2.31. The molecule has 1 rings (SSSR count).